The minimum Gasteiger partial charge on any atom is -0.436 e. The van der Waals surface area contributed by atoms with Gasteiger partial charge in [0.1, 0.15) is 22.9 Å². The van der Waals surface area contributed by atoms with Gasteiger partial charge in [-0.2, -0.15) is 5.26 Å². The number of amides is 1. The molecule has 1 amide bonds. The number of ketones is 2. The summed E-state index contributed by atoms with van der Waals surface area (Å²) in [5.41, 5.74) is 3.12. The molecule has 0 fully saturated rings. The summed E-state index contributed by atoms with van der Waals surface area (Å²) in [6.45, 7) is 0. The third-order valence-corrected chi connectivity index (χ3v) is 5.39. The van der Waals surface area contributed by atoms with Gasteiger partial charge in [0.15, 0.2) is 11.5 Å². The van der Waals surface area contributed by atoms with Gasteiger partial charge in [-0.15, -0.1) is 0 Å². The zero-order valence-electron chi connectivity index (χ0n) is 14.6. The molecule has 0 radical (unpaired) electrons. The summed E-state index contributed by atoms with van der Waals surface area (Å²) >= 11 is 0. The Kier molecular flexibility index (Phi) is 3.14. The van der Waals surface area contributed by atoms with E-state index in [1.807, 2.05) is 6.07 Å². The summed E-state index contributed by atoms with van der Waals surface area (Å²) in [5, 5.41) is 12.2. The fourth-order valence-electron chi connectivity index (χ4n) is 4.19. The van der Waals surface area contributed by atoms with E-state index in [-0.39, 0.29) is 33.5 Å². The Bertz CT molecular complexity index is 1300. The monoisotopic (exact) mass is 387 g/mol. The van der Waals surface area contributed by atoms with Gasteiger partial charge in [0.05, 0.1) is 11.3 Å². The van der Waals surface area contributed by atoms with E-state index in [1.54, 1.807) is 12.1 Å². The van der Waals surface area contributed by atoms with Crippen LogP contribution in [0.15, 0.2) is 65.3 Å². The van der Waals surface area contributed by atoms with Gasteiger partial charge < -0.3 is 15.8 Å². The summed E-state index contributed by atoms with van der Waals surface area (Å²) in [5.74, 6) is -3.83. The number of nitrogens with zero attached hydrogens (tertiary/aromatic N) is 1. The highest BCUT2D eigenvalue weighted by atomic mass is 19.1. The summed E-state index contributed by atoms with van der Waals surface area (Å²) < 4.78 is 19.8. The molecule has 2 aromatic rings. The Morgan fingerprint density at radius 3 is 2.41 bits per heavy atom. The van der Waals surface area contributed by atoms with Crippen LogP contribution in [0.1, 0.15) is 26.3 Å². The first-order valence-electron chi connectivity index (χ1n) is 8.54. The van der Waals surface area contributed by atoms with Crippen LogP contribution in [0.25, 0.3) is 0 Å². The SMILES string of the molecule is N#CC1=C(N)OC2=C(C(=O)c3ccccc3C2=O)[C@@]12C(=O)Nc1c(F)cccc12. The van der Waals surface area contributed by atoms with Gasteiger partial charge >= 0.3 is 0 Å². The van der Waals surface area contributed by atoms with Crippen LogP contribution in [0.5, 0.6) is 0 Å². The predicted molar refractivity (Wildman–Crippen MR) is 96.7 cm³/mol. The minimum absolute atomic E-state index is 0.0262. The maximum Gasteiger partial charge on any atom is 0.245 e. The second-order valence-electron chi connectivity index (χ2n) is 6.73. The molecule has 29 heavy (non-hydrogen) atoms. The molecule has 1 aliphatic carbocycles. The average Bonchev–Trinajstić information content (AvgIpc) is 3.00. The van der Waals surface area contributed by atoms with Crippen molar-refractivity contribution in [2.75, 3.05) is 5.32 Å². The highest BCUT2D eigenvalue weighted by Gasteiger charge is 2.62. The molecule has 1 atom stereocenters. The third-order valence-electron chi connectivity index (χ3n) is 5.39. The number of fused-ring (bicyclic) bond motifs is 4. The van der Waals surface area contributed by atoms with Gasteiger partial charge in [0.2, 0.25) is 17.6 Å². The number of nitrogens with one attached hydrogen (secondary N) is 1. The number of nitrogens with two attached hydrogens (primary N) is 1. The van der Waals surface area contributed by atoms with Gasteiger partial charge in [-0.05, 0) is 6.07 Å². The minimum atomic E-state index is -2.08. The summed E-state index contributed by atoms with van der Waals surface area (Å²) in [6.07, 6.45) is 0. The molecule has 0 saturated heterocycles. The zero-order valence-corrected chi connectivity index (χ0v) is 14.6. The molecule has 0 saturated carbocycles. The summed E-state index contributed by atoms with van der Waals surface area (Å²) in [4.78, 5) is 39.7. The van der Waals surface area contributed by atoms with E-state index in [0.717, 1.165) is 6.07 Å². The normalized spacial score (nSPS) is 22.0. The lowest BCUT2D eigenvalue weighted by molar-refractivity contribution is -0.118. The van der Waals surface area contributed by atoms with Crippen LogP contribution in [0.2, 0.25) is 0 Å². The molecule has 2 aliphatic heterocycles. The number of allylic oxidation sites excluding steroid dienone is 1. The third kappa shape index (κ3) is 1.81. The Balaban J connectivity index is 1.93. The number of anilines is 1. The number of nitriles is 1. The topological polar surface area (TPSA) is 122 Å². The van der Waals surface area contributed by atoms with Crippen molar-refractivity contribution in [3.8, 4) is 6.07 Å². The number of benzene rings is 2. The maximum atomic E-state index is 14.4. The highest BCUT2D eigenvalue weighted by molar-refractivity contribution is 6.31. The Hall–Kier alpha value is -4.25. The van der Waals surface area contributed by atoms with Gasteiger partial charge in [-0.3, -0.25) is 14.4 Å². The Labute approximate surface area is 162 Å². The highest BCUT2D eigenvalue weighted by Crippen LogP contribution is 2.54. The number of carbonyl (C=O) groups is 3. The Morgan fingerprint density at radius 2 is 1.72 bits per heavy atom. The van der Waals surface area contributed by atoms with Crippen molar-refractivity contribution in [3.05, 3.63) is 87.8 Å². The van der Waals surface area contributed by atoms with Gasteiger partial charge in [-0.25, -0.2) is 4.39 Å². The van der Waals surface area contributed by atoms with E-state index in [9.17, 15) is 24.0 Å². The van der Waals surface area contributed by atoms with Crippen molar-refractivity contribution in [2.45, 2.75) is 5.41 Å². The molecule has 1 spiro atoms. The second-order valence-corrected chi connectivity index (χ2v) is 6.73. The van der Waals surface area contributed by atoms with E-state index in [4.69, 9.17) is 10.5 Å². The van der Waals surface area contributed by atoms with E-state index in [2.05, 4.69) is 5.32 Å². The molecular weight excluding hydrogens is 377 g/mol. The molecule has 8 heteroatoms. The summed E-state index contributed by atoms with van der Waals surface area (Å²) in [7, 11) is 0. The number of ether oxygens (including phenoxy) is 1. The fraction of sp³-hybridized carbons (Fsp3) is 0.0476. The molecule has 3 aliphatic rings. The van der Waals surface area contributed by atoms with E-state index in [0.29, 0.717) is 0 Å². The molecular formula is C21H10FN3O4. The molecule has 0 aromatic heterocycles. The van der Waals surface area contributed by atoms with E-state index in [1.165, 1.54) is 24.3 Å². The van der Waals surface area contributed by atoms with Crippen LogP contribution in [-0.2, 0) is 14.9 Å². The van der Waals surface area contributed by atoms with Gasteiger partial charge in [0.25, 0.3) is 0 Å². The number of hydrogen-bond donors (Lipinski definition) is 2. The predicted octanol–water partition coefficient (Wildman–Crippen LogP) is 2.07. The number of halogens is 1. The molecule has 5 rings (SSSR count). The molecule has 140 valence electrons. The number of carbonyl (C=O) groups excluding carboxylic acids is 3. The van der Waals surface area contributed by atoms with Crippen molar-refractivity contribution >= 4 is 23.2 Å². The standard InChI is InChI=1S/C21H10FN3O4/c22-13-7-3-6-11-15(13)25-20(28)21(11)12(8-23)19(24)29-18-14(21)16(26)9-4-1-2-5-10(9)17(18)27/h1-7H,24H2,(H,25,28)/t21-/m0/s1. The van der Waals surface area contributed by atoms with Crippen molar-refractivity contribution in [3.63, 3.8) is 0 Å². The van der Waals surface area contributed by atoms with Crippen molar-refractivity contribution in [1.29, 1.82) is 5.26 Å². The molecule has 2 heterocycles. The van der Waals surface area contributed by atoms with Crippen molar-refractivity contribution in [2.24, 2.45) is 5.73 Å². The lowest BCUT2D eigenvalue weighted by Crippen LogP contribution is -2.47. The van der Waals surface area contributed by atoms with Crippen molar-refractivity contribution in [1.82, 2.24) is 0 Å². The van der Waals surface area contributed by atoms with E-state index < -0.39 is 40.3 Å². The molecule has 3 N–H and O–H groups in total. The molecule has 7 nitrogen and oxygen atoms in total. The zero-order chi connectivity index (χ0) is 20.5. The largest absolute Gasteiger partial charge is 0.436 e. The first kappa shape index (κ1) is 16.9. The van der Waals surface area contributed by atoms with Crippen LogP contribution in [-0.4, -0.2) is 17.5 Å². The van der Waals surface area contributed by atoms with Crippen LogP contribution >= 0.6 is 0 Å². The molecule has 0 bridgehead atoms. The van der Waals surface area contributed by atoms with Gasteiger partial charge in [0, 0.05) is 16.7 Å². The van der Waals surface area contributed by atoms with Crippen LogP contribution in [0.3, 0.4) is 0 Å². The van der Waals surface area contributed by atoms with Gasteiger partial charge in [-0.1, -0.05) is 36.4 Å². The number of para-hydroxylation sites is 1. The quantitative estimate of drug-likeness (QED) is 0.714. The number of rotatable bonds is 0. The Morgan fingerprint density at radius 1 is 1.03 bits per heavy atom. The van der Waals surface area contributed by atoms with E-state index >= 15 is 0 Å². The van der Waals surface area contributed by atoms with Crippen LogP contribution in [0.4, 0.5) is 10.1 Å². The fourth-order valence-corrected chi connectivity index (χ4v) is 4.19. The van der Waals surface area contributed by atoms with Crippen molar-refractivity contribution < 1.29 is 23.5 Å². The lowest BCUT2D eigenvalue weighted by atomic mass is 9.64. The average molecular weight is 387 g/mol. The maximum absolute atomic E-state index is 14.4. The smallest absolute Gasteiger partial charge is 0.245 e. The molecule has 2 aromatic carbocycles. The lowest BCUT2D eigenvalue weighted by Gasteiger charge is -2.36. The first-order valence-corrected chi connectivity index (χ1v) is 8.54. The second kappa shape index (κ2) is 5.39. The number of hydrogen-bond acceptors (Lipinski definition) is 6. The van der Waals surface area contributed by atoms with Crippen LogP contribution in [0, 0.1) is 17.1 Å². The molecule has 0 unspecified atom stereocenters. The number of Topliss-reactive ketones (excluding diaryl/α,β-unsaturated/α-hetero) is 2. The summed E-state index contributed by atoms with van der Waals surface area (Å²) in [6, 6.07) is 11.8. The first-order chi connectivity index (χ1) is 13.9. The van der Waals surface area contributed by atoms with Crippen LogP contribution < -0.4 is 11.1 Å².